The third kappa shape index (κ3) is 6.19. The lowest BCUT2D eigenvalue weighted by atomic mass is 10.0. The molecular weight excluding hydrogens is 430 g/mol. The van der Waals surface area contributed by atoms with Crippen molar-refractivity contribution >= 4 is 12.1 Å². The summed E-state index contributed by atoms with van der Waals surface area (Å²) in [5.41, 5.74) is 2.33. The fourth-order valence-electron chi connectivity index (χ4n) is 3.50. The van der Waals surface area contributed by atoms with Crippen molar-refractivity contribution in [3.05, 3.63) is 23.5 Å². The molecule has 2 aromatic rings. The number of unbranched alkanes of at least 4 members (excludes halogenated alkanes) is 1. The number of amides is 1. The number of carbonyl (C=O) groups excluding carboxylic acids is 1. The predicted molar refractivity (Wildman–Crippen MR) is 118 cm³/mol. The minimum atomic E-state index is -0.888. The zero-order valence-electron chi connectivity index (χ0n) is 19.5. The number of rotatable bonds is 9. The second kappa shape index (κ2) is 11.1. The van der Waals surface area contributed by atoms with E-state index in [2.05, 4.69) is 22.2 Å². The minimum absolute atomic E-state index is 0.0170. The third-order valence-corrected chi connectivity index (χ3v) is 5.53. The molecule has 0 aliphatic carbocycles. The summed E-state index contributed by atoms with van der Waals surface area (Å²) in [5.74, 6) is -0.920. The topological polar surface area (TPSA) is 129 Å². The van der Waals surface area contributed by atoms with Crippen molar-refractivity contribution in [1.82, 2.24) is 24.9 Å². The van der Waals surface area contributed by atoms with Gasteiger partial charge in [0.05, 0.1) is 30.5 Å². The molecule has 0 saturated carbocycles. The first-order valence-corrected chi connectivity index (χ1v) is 11.0. The van der Waals surface area contributed by atoms with Gasteiger partial charge in [0.15, 0.2) is 0 Å². The molecule has 1 amide bonds. The first kappa shape index (κ1) is 24.4. The van der Waals surface area contributed by atoms with Crippen LogP contribution < -0.4 is 4.74 Å². The monoisotopic (exact) mass is 461 g/mol. The SMILES string of the molecule is CCCCN(C)C(=O)OCc1c(-c2ccc(O[C@@H]3COC[C@@H](C(=O)O)C3)c(C)n2)nnn1C. The highest BCUT2D eigenvalue weighted by atomic mass is 16.6. The standard InChI is InChI=1S/C22H31N5O6/c1-5-6-9-26(3)22(30)32-13-18-20(24-25-27(18)4)17-7-8-19(14(2)23-17)33-16-10-15(21(28)29)11-31-12-16/h7-8,15-16H,5-6,9-13H2,1-4H3,(H,28,29)/t15-,16-/m0/s1. The van der Waals surface area contributed by atoms with Gasteiger partial charge >= 0.3 is 12.1 Å². The van der Waals surface area contributed by atoms with E-state index in [1.165, 1.54) is 0 Å². The highest BCUT2D eigenvalue weighted by molar-refractivity contribution is 5.70. The highest BCUT2D eigenvalue weighted by Crippen LogP contribution is 2.27. The van der Waals surface area contributed by atoms with Crippen LogP contribution in [-0.2, 0) is 27.9 Å². The van der Waals surface area contributed by atoms with Gasteiger partial charge in [-0.05, 0) is 25.5 Å². The molecule has 0 unspecified atom stereocenters. The number of ether oxygens (including phenoxy) is 3. The lowest BCUT2D eigenvalue weighted by molar-refractivity contribution is -0.149. The molecular formula is C22H31N5O6. The van der Waals surface area contributed by atoms with Crippen molar-refractivity contribution in [3.63, 3.8) is 0 Å². The lowest BCUT2D eigenvalue weighted by Gasteiger charge is -2.27. The number of carbonyl (C=O) groups is 2. The first-order valence-electron chi connectivity index (χ1n) is 11.0. The first-order chi connectivity index (χ1) is 15.8. The van der Waals surface area contributed by atoms with Crippen LogP contribution in [0.25, 0.3) is 11.4 Å². The average Bonchev–Trinajstić information content (AvgIpc) is 3.17. The number of aryl methyl sites for hydroxylation is 2. The number of carboxylic acids is 1. The Morgan fingerprint density at radius 2 is 2.12 bits per heavy atom. The molecule has 2 aromatic heterocycles. The van der Waals surface area contributed by atoms with Gasteiger partial charge in [-0.1, -0.05) is 18.6 Å². The molecule has 2 atom stereocenters. The van der Waals surface area contributed by atoms with Gasteiger partial charge in [-0.2, -0.15) is 0 Å². The third-order valence-electron chi connectivity index (χ3n) is 5.53. The highest BCUT2D eigenvalue weighted by Gasteiger charge is 2.29. The molecule has 0 spiro atoms. The number of aliphatic carboxylic acids is 1. The second-order valence-corrected chi connectivity index (χ2v) is 8.17. The summed E-state index contributed by atoms with van der Waals surface area (Å²) in [5, 5.41) is 17.5. The van der Waals surface area contributed by atoms with E-state index in [9.17, 15) is 14.7 Å². The van der Waals surface area contributed by atoms with Crippen molar-refractivity contribution in [3.8, 4) is 17.1 Å². The molecule has 1 aliphatic heterocycles. The molecule has 3 heterocycles. The molecule has 11 heteroatoms. The molecule has 11 nitrogen and oxygen atoms in total. The van der Waals surface area contributed by atoms with Crippen LogP contribution in [0.15, 0.2) is 12.1 Å². The second-order valence-electron chi connectivity index (χ2n) is 8.17. The maximum Gasteiger partial charge on any atom is 0.409 e. The van der Waals surface area contributed by atoms with E-state index >= 15 is 0 Å². The predicted octanol–water partition coefficient (Wildman–Crippen LogP) is 2.42. The zero-order chi connectivity index (χ0) is 24.0. The van der Waals surface area contributed by atoms with Gasteiger partial charge < -0.3 is 24.2 Å². The Labute approximate surface area is 192 Å². The largest absolute Gasteiger partial charge is 0.486 e. The Bertz CT molecular complexity index is 978. The number of pyridine rings is 1. The van der Waals surface area contributed by atoms with Crippen LogP contribution in [0.3, 0.4) is 0 Å². The van der Waals surface area contributed by atoms with E-state index in [-0.39, 0.29) is 19.3 Å². The van der Waals surface area contributed by atoms with Crippen molar-refractivity contribution in [2.24, 2.45) is 13.0 Å². The Kier molecular flexibility index (Phi) is 8.21. The van der Waals surface area contributed by atoms with E-state index < -0.39 is 18.0 Å². The number of carboxylic acid groups (broad SMARTS) is 1. The summed E-state index contributed by atoms with van der Waals surface area (Å²) < 4.78 is 18.3. The summed E-state index contributed by atoms with van der Waals surface area (Å²) in [7, 11) is 3.44. The number of hydrogen-bond acceptors (Lipinski definition) is 8. The molecule has 1 N–H and O–H groups in total. The average molecular weight is 462 g/mol. The van der Waals surface area contributed by atoms with Crippen LogP contribution in [-0.4, -0.2) is 75.0 Å². The van der Waals surface area contributed by atoms with Gasteiger partial charge in [0.25, 0.3) is 0 Å². The summed E-state index contributed by atoms with van der Waals surface area (Å²) >= 11 is 0. The van der Waals surface area contributed by atoms with E-state index in [0.717, 1.165) is 12.8 Å². The van der Waals surface area contributed by atoms with Crippen molar-refractivity contribution < 1.29 is 28.9 Å². The van der Waals surface area contributed by atoms with Crippen molar-refractivity contribution in [2.75, 3.05) is 26.8 Å². The summed E-state index contributed by atoms with van der Waals surface area (Å²) in [6, 6.07) is 3.52. The van der Waals surface area contributed by atoms with E-state index in [1.807, 2.05) is 0 Å². The molecule has 180 valence electrons. The van der Waals surface area contributed by atoms with Gasteiger partial charge in [-0.3, -0.25) is 4.79 Å². The van der Waals surface area contributed by atoms with Crippen LogP contribution in [0.4, 0.5) is 4.79 Å². The summed E-state index contributed by atoms with van der Waals surface area (Å²) in [4.78, 5) is 29.6. The fourth-order valence-corrected chi connectivity index (χ4v) is 3.50. The summed E-state index contributed by atoms with van der Waals surface area (Å²) in [6.45, 7) is 5.04. The fraction of sp³-hybridized carbons (Fsp3) is 0.591. The number of nitrogens with zero attached hydrogens (tertiary/aromatic N) is 5. The molecule has 1 saturated heterocycles. The maximum atomic E-state index is 12.2. The molecule has 0 radical (unpaired) electrons. The van der Waals surface area contributed by atoms with Gasteiger partial charge in [0.1, 0.15) is 29.8 Å². The van der Waals surface area contributed by atoms with E-state index in [4.69, 9.17) is 14.2 Å². The van der Waals surface area contributed by atoms with Gasteiger partial charge in [0, 0.05) is 27.1 Å². The van der Waals surface area contributed by atoms with Crippen LogP contribution in [0, 0.1) is 12.8 Å². The van der Waals surface area contributed by atoms with Gasteiger partial charge in [0.2, 0.25) is 0 Å². The Balaban J connectivity index is 1.68. The molecule has 0 bridgehead atoms. The normalized spacial score (nSPS) is 18.1. The van der Waals surface area contributed by atoms with Gasteiger partial charge in [-0.15, -0.1) is 5.10 Å². The Morgan fingerprint density at radius 1 is 1.33 bits per heavy atom. The van der Waals surface area contributed by atoms with Crippen molar-refractivity contribution in [2.45, 2.75) is 45.8 Å². The smallest absolute Gasteiger partial charge is 0.409 e. The van der Waals surface area contributed by atoms with Crippen LogP contribution in [0.2, 0.25) is 0 Å². The summed E-state index contributed by atoms with van der Waals surface area (Å²) in [6.07, 6.45) is 1.51. The Hall–Kier alpha value is -3.21. The minimum Gasteiger partial charge on any atom is -0.486 e. The zero-order valence-corrected chi connectivity index (χ0v) is 19.5. The van der Waals surface area contributed by atoms with E-state index in [0.29, 0.717) is 48.1 Å². The molecule has 1 aliphatic rings. The number of hydrogen-bond donors (Lipinski definition) is 1. The quantitative estimate of drug-likeness (QED) is 0.598. The molecule has 0 aromatic carbocycles. The Morgan fingerprint density at radius 3 is 2.82 bits per heavy atom. The van der Waals surface area contributed by atoms with Crippen LogP contribution in [0.5, 0.6) is 5.75 Å². The van der Waals surface area contributed by atoms with Crippen LogP contribution >= 0.6 is 0 Å². The maximum absolute atomic E-state index is 12.2. The lowest BCUT2D eigenvalue weighted by Crippen LogP contribution is -2.37. The van der Waals surface area contributed by atoms with Gasteiger partial charge in [-0.25, -0.2) is 14.5 Å². The molecule has 33 heavy (non-hydrogen) atoms. The van der Waals surface area contributed by atoms with Crippen LogP contribution in [0.1, 0.15) is 37.6 Å². The number of aromatic nitrogens is 4. The molecule has 1 fully saturated rings. The van der Waals surface area contributed by atoms with Crippen molar-refractivity contribution in [1.29, 1.82) is 0 Å². The van der Waals surface area contributed by atoms with E-state index in [1.54, 1.807) is 42.7 Å². The molecule has 3 rings (SSSR count).